The van der Waals surface area contributed by atoms with Gasteiger partial charge in [-0.2, -0.15) is 11.3 Å². The zero-order valence-electron chi connectivity index (χ0n) is 17.2. The van der Waals surface area contributed by atoms with E-state index < -0.39 is 0 Å². The molecule has 0 atom stereocenters. The maximum Gasteiger partial charge on any atom is 0.232 e. The average Bonchev–Trinajstić information content (AvgIpc) is 3.59. The van der Waals surface area contributed by atoms with Crippen molar-refractivity contribution in [3.8, 4) is 16.3 Å². The van der Waals surface area contributed by atoms with E-state index in [1.165, 1.54) is 11.1 Å². The van der Waals surface area contributed by atoms with E-state index in [2.05, 4.69) is 73.1 Å². The second-order valence-corrected chi connectivity index (χ2v) is 9.77. The fraction of sp³-hybridized carbons (Fsp3) is 0.318. The highest BCUT2D eigenvalue weighted by molar-refractivity contribution is 7.98. The van der Waals surface area contributed by atoms with Crippen molar-refractivity contribution >= 4 is 40.4 Å². The summed E-state index contributed by atoms with van der Waals surface area (Å²) < 4.78 is 7.72. The molecule has 9 heteroatoms. The second kappa shape index (κ2) is 9.52. The minimum Gasteiger partial charge on any atom is -0.378 e. The molecule has 0 radical (unpaired) electrons. The van der Waals surface area contributed by atoms with Crippen LogP contribution in [0.4, 0.5) is 5.95 Å². The third-order valence-corrected chi connectivity index (χ3v) is 7.74. The first kappa shape index (κ1) is 20.7. The van der Waals surface area contributed by atoms with E-state index in [1.54, 1.807) is 34.4 Å². The number of nitrogens with zero attached hydrogens (tertiary/aromatic N) is 5. The fourth-order valence-corrected chi connectivity index (χ4v) is 5.97. The third kappa shape index (κ3) is 4.55. The molecule has 1 saturated heterocycles. The molecule has 1 aliphatic heterocycles. The van der Waals surface area contributed by atoms with Crippen LogP contribution >= 0.6 is 34.4 Å². The van der Waals surface area contributed by atoms with Gasteiger partial charge in [-0.1, -0.05) is 30.8 Å². The Morgan fingerprint density at radius 3 is 2.84 bits per heavy atom. The lowest BCUT2D eigenvalue weighted by Gasteiger charge is -2.28. The molecule has 0 bridgehead atoms. The monoisotopic (exact) mass is 469 g/mol. The predicted molar refractivity (Wildman–Crippen MR) is 129 cm³/mol. The molecule has 3 aromatic heterocycles. The number of thiazole rings is 1. The van der Waals surface area contributed by atoms with E-state index in [-0.39, 0.29) is 0 Å². The van der Waals surface area contributed by atoms with Gasteiger partial charge in [0.2, 0.25) is 5.95 Å². The summed E-state index contributed by atoms with van der Waals surface area (Å²) in [6, 6.07) is 10.8. The molecule has 1 aliphatic rings. The number of hydrogen-bond donors (Lipinski definition) is 0. The molecule has 1 fully saturated rings. The van der Waals surface area contributed by atoms with E-state index in [4.69, 9.17) is 9.72 Å². The average molecular weight is 470 g/mol. The lowest BCUT2D eigenvalue weighted by Crippen LogP contribution is -2.37. The normalized spacial score (nSPS) is 14.3. The molecule has 6 nitrogen and oxygen atoms in total. The summed E-state index contributed by atoms with van der Waals surface area (Å²) in [5, 5.41) is 17.5. The Morgan fingerprint density at radius 1 is 1.13 bits per heavy atom. The van der Waals surface area contributed by atoms with Gasteiger partial charge in [0.1, 0.15) is 5.01 Å². The lowest BCUT2D eigenvalue weighted by molar-refractivity contribution is 0.122. The van der Waals surface area contributed by atoms with Crippen LogP contribution < -0.4 is 4.90 Å². The van der Waals surface area contributed by atoms with Gasteiger partial charge in [0.05, 0.1) is 24.6 Å². The highest BCUT2D eigenvalue weighted by atomic mass is 32.2. The van der Waals surface area contributed by atoms with Crippen molar-refractivity contribution in [2.45, 2.75) is 24.3 Å². The summed E-state index contributed by atoms with van der Waals surface area (Å²) in [5.74, 6) is 1.64. The second-order valence-electron chi connectivity index (χ2n) is 7.19. The van der Waals surface area contributed by atoms with Gasteiger partial charge in [-0.15, -0.1) is 21.5 Å². The van der Waals surface area contributed by atoms with Crippen LogP contribution in [0.15, 0.2) is 51.6 Å². The van der Waals surface area contributed by atoms with Crippen molar-refractivity contribution in [3.05, 3.63) is 57.7 Å². The maximum absolute atomic E-state index is 5.54. The summed E-state index contributed by atoms with van der Waals surface area (Å²) >= 11 is 5.07. The Bertz CT molecular complexity index is 1130. The number of thioether (sulfide) groups is 1. The Hall–Kier alpha value is -2.20. The molecule has 0 spiro atoms. The molecular weight excluding hydrogens is 446 g/mol. The smallest absolute Gasteiger partial charge is 0.232 e. The van der Waals surface area contributed by atoms with Gasteiger partial charge in [0.15, 0.2) is 5.16 Å². The van der Waals surface area contributed by atoms with E-state index in [9.17, 15) is 0 Å². The molecule has 160 valence electrons. The number of hydrogen-bond acceptors (Lipinski definition) is 8. The van der Waals surface area contributed by atoms with E-state index in [1.807, 2.05) is 0 Å². The highest BCUT2D eigenvalue weighted by Crippen LogP contribution is 2.32. The molecular formula is C22H23N5OS3. The van der Waals surface area contributed by atoms with Crippen LogP contribution in [0.25, 0.3) is 16.3 Å². The standard InChI is InChI=1S/C22H23N5OS3/c1-2-16-4-3-5-19(12-16)27-21(26-7-9-28-10-8-26)24-25-22(27)31-15-18-14-30-20(23-18)17-6-11-29-13-17/h3-6,11-14H,2,7-10,15H2,1H3. The number of benzene rings is 1. The molecule has 4 heterocycles. The third-order valence-electron chi connectivity index (χ3n) is 5.16. The van der Waals surface area contributed by atoms with Gasteiger partial charge in [-0.3, -0.25) is 4.57 Å². The molecule has 0 saturated carbocycles. The number of ether oxygens (including phenoxy) is 1. The largest absolute Gasteiger partial charge is 0.378 e. The number of rotatable bonds is 7. The lowest BCUT2D eigenvalue weighted by atomic mass is 10.1. The zero-order chi connectivity index (χ0) is 21.0. The minimum absolute atomic E-state index is 0.717. The van der Waals surface area contributed by atoms with Gasteiger partial charge in [0, 0.05) is 35.2 Å². The maximum atomic E-state index is 5.54. The SMILES string of the molecule is CCc1cccc(-n2c(SCc3csc(-c4ccsc4)n3)nnc2N2CCOCC2)c1. The van der Waals surface area contributed by atoms with Crippen LogP contribution in [-0.4, -0.2) is 46.1 Å². The number of anilines is 1. The topological polar surface area (TPSA) is 56.1 Å². The molecule has 4 aromatic rings. The van der Waals surface area contributed by atoms with E-state index in [0.29, 0.717) is 13.2 Å². The van der Waals surface area contributed by atoms with Gasteiger partial charge in [-0.25, -0.2) is 4.98 Å². The first-order valence-corrected chi connectivity index (χ1v) is 13.1. The van der Waals surface area contributed by atoms with Crippen LogP contribution in [0.5, 0.6) is 0 Å². The fourth-order valence-electron chi connectivity index (χ4n) is 3.50. The summed E-state index contributed by atoms with van der Waals surface area (Å²) in [4.78, 5) is 7.07. The van der Waals surface area contributed by atoms with Crippen LogP contribution in [0.1, 0.15) is 18.2 Å². The predicted octanol–water partition coefficient (Wildman–Crippen LogP) is 5.14. The molecule has 5 rings (SSSR count). The van der Waals surface area contributed by atoms with Crippen molar-refractivity contribution in [1.29, 1.82) is 0 Å². The summed E-state index contributed by atoms with van der Waals surface area (Å²) in [6.07, 6.45) is 0.996. The van der Waals surface area contributed by atoms with Crippen molar-refractivity contribution in [2.24, 2.45) is 0 Å². The number of thiophene rings is 1. The van der Waals surface area contributed by atoms with Crippen LogP contribution in [0.2, 0.25) is 0 Å². The van der Waals surface area contributed by atoms with Gasteiger partial charge in [-0.05, 0) is 35.6 Å². The van der Waals surface area contributed by atoms with Gasteiger partial charge >= 0.3 is 0 Å². The Balaban J connectivity index is 1.43. The van der Waals surface area contributed by atoms with E-state index >= 15 is 0 Å². The molecule has 0 aliphatic carbocycles. The first-order chi connectivity index (χ1) is 15.3. The minimum atomic E-state index is 0.717. The van der Waals surface area contributed by atoms with Crippen LogP contribution in [0, 0.1) is 0 Å². The summed E-state index contributed by atoms with van der Waals surface area (Å²) in [6.45, 7) is 5.26. The molecule has 31 heavy (non-hydrogen) atoms. The van der Waals surface area contributed by atoms with E-state index in [0.717, 1.165) is 52.8 Å². The number of aromatic nitrogens is 4. The van der Waals surface area contributed by atoms with Crippen molar-refractivity contribution in [2.75, 3.05) is 31.2 Å². The van der Waals surface area contributed by atoms with Crippen LogP contribution in [-0.2, 0) is 16.9 Å². The Labute approximate surface area is 193 Å². The Morgan fingerprint density at radius 2 is 2.03 bits per heavy atom. The molecule has 0 N–H and O–H groups in total. The van der Waals surface area contributed by atoms with Crippen molar-refractivity contribution in [1.82, 2.24) is 19.7 Å². The first-order valence-electron chi connectivity index (χ1n) is 10.3. The van der Waals surface area contributed by atoms with Crippen molar-refractivity contribution < 1.29 is 4.74 Å². The molecule has 0 unspecified atom stereocenters. The van der Waals surface area contributed by atoms with Crippen LogP contribution in [0.3, 0.4) is 0 Å². The highest BCUT2D eigenvalue weighted by Gasteiger charge is 2.22. The number of aryl methyl sites for hydroxylation is 1. The quantitative estimate of drug-likeness (QED) is 0.349. The van der Waals surface area contributed by atoms with Gasteiger partial charge < -0.3 is 9.64 Å². The van der Waals surface area contributed by atoms with Gasteiger partial charge in [0.25, 0.3) is 0 Å². The molecule has 0 amide bonds. The Kier molecular flexibility index (Phi) is 6.35. The zero-order valence-corrected chi connectivity index (χ0v) is 19.7. The summed E-state index contributed by atoms with van der Waals surface area (Å²) in [7, 11) is 0. The summed E-state index contributed by atoms with van der Waals surface area (Å²) in [5.41, 5.74) is 4.67. The molecule has 1 aromatic carbocycles. The number of morpholine rings is 1. The van der Waals surface area contributed by atoms with Crippen molar-refractivity contribution in [3.63, 3.8) is 0 Å².